The predicted molar refractivity (Wildman–Crippen MR) is 60.7 cm³/mol. The zero-order chi connectivity index (χ0) is 11.1. The van der Waals surface area contributed by atoms with Crippen molar-refractivity contribution in [2.75, 3.05) is 19.7 Å². The van der Waals surface area contributed by atoms with Gasteiger partial charge >= 0.3 is 0 Å². The molecule has 3 nitrogen and oxygen atoms in total. The average Bonchev–Trinajstić information content (AvgIpc) is 2.81. The Morgan fingerprint density at radius 2 is 1.75 bits per heavy atom. The van der Waals surface area contributed by atoms with Gasteiger partial charge in [0.1, 0.15) is 0 Å². The summed E-state index contributed by atoms with van der Waals surface area (Å²) in [6, 6.07) is 0. The van der Waals surface area contributed by atoms with Crippen molar-refractivity contribution < 1.29 is 9.90 Å². The molecule has 2 saturated carbocycles. The largest absolute Gasteiger partial charge is 0.396 e. The Balaban J connectivity index is 1.53. The van der Waals surface area contributed by atoms with Gasteiger partial charge in [-0.3, -0.25) is 4.79 Å². The van der Waals surface area contributed by atoms with E-state index in [1.807, 2.05) is 0 Å². The molecule has 3 fully saturated rings. The van der Waals surface area contributed by atoms with Crippen molar-refractivity contribution >= 4 is 5.91 Å². The van der Waals surface area contributed by atoms with E-state index in [0.717, 1.165) is 37.8 Å². The zero-order valence-corrected chi connectivity index (χ0v) is 9.77. The molecule has 2 atom stereocenters. The first-order chi connectivity index (χ1) is 7.81. The van der Waals surface area contributed by atoms with Crippen LogP contribution in [0.2, 0.25) is 0 Å². The number of hydrogen-bond donors (Lipinski definition) is 1. The number of rotatable bonds is 2. The van der Waals surface area contributed by atoms with E-state index in [-0.39, 0.29) is 6.61 Å². The first-order valence-corrected chi connectivity index (χ1v) is 6.71. The number of piperidine rings is 1. The number of carbonyl (C=O) groups excluding carboxylic acids is 1. The summed E-state index contributed by atoms with van der Waals surface area (Å²) in [4.78, 5) is 14.3. The molecule has 2 aliphatic carbocycles. The molecule has 1 heterocycles. The molecule has 0 aromatic heterocycles. The minimum atomic E-state index is 0.288. The van der Waals surface area contributed by atoms with E-state index >= 15 is 0 Å². The number of amides is 1. The summed E-state index contributed by atoms with van der Waals surface area (Å²) in [6.45, 7) is 2.04. The fraction of sp³-hybridized carbons (Fsp3) is 0.923. The van der Waals surface area contributed by atoms with Gasteiger partial charge < -0.3 is 10.0 Å². The summed E-state index contributed by atoms with van der Waals surface area (Å²) in [5.74, 6) is 2.72. The van der Waals surface area contributed by atoms with Crippen molar-refractivity contribution in [1.29, 1.82) is 0 Å². The number of nitrogens with zero attached hydrogens (tertiary/aromatic N) is 1. The quantitative estimate of drug-likeness (QED) is 0.765. The molecule has 0 bridgehead atoms. The highest BCUT2D eigenvalue weighted by Crippen LogP contribution is 2.58. The molecule has 0 aromatic rings. The number of carbonyl (C=O) groups is 1. The van der Waals surface area contributed by atoms with Crippen molar-refractivity contribution in [2.45, 2.75) is 32.1 Å². The van der Waals surface area contributed by atoms with Crippen LogP contribution >= 0.6 is 0 Å². The minimum Gasteiger partial charge on any atom is -0.396 e. The van der Waals surface area contributed by atoms with Gasteiger partial charge in [0.15, 0.2) is 0 Å². The maximum Gasteiger partial charge on any atom is 0.226 e. The van der Waals surface area contributed by atoms with Crippen molar-refractivity contribution in [3.8, 4) is 0 Å². The van der Waals surface area contributed by atoms with Crippen LogP contribution in [0.3, 0.4) is 0 Å². The fourth-order valence-electron chi connectivity index (χ4n) is 3.73. The summed E-state index contributed by atoms with van der Waals surface area (Å²) in [6.07, 6.45) is 5.89. The maximum absolute atomic E-state index is 12.2. The molecule has 0 radical (unpaired) electrons. The lowest BCUT2D eigenvalue weighted by Gasteiger charge is -2.31. The van der Waals surface area contributed by atoms with Gasteiger partial charge in [-0.15, -0.1) is 0 Å². The van der Waals surface area contributed by atoms with Crippen LogP contribution in [-0.2, 0) is 4.79 Å². The highest BCUT2D eigenvalue weighted by atomic mass is 16.3. The van der Waals surface area contributed by atoms with Gasteiger partial charge in [-0.2, -0.15) is 0 Å². The van der Waals surface area contributed by atoms with E-state index in [1.54, 1.807) is 0 Å². The summed E-state index contributed by atoms with van der Waals surface area (Å²) in [5, 5.41) is 9.07. The zero-order valence-electron chi connectivity index (χ0n) is 9.77. The third-order valence-electron chi connectivity index (χ3n) is 4.88. The number of hydrogen-bond acceptors (Lipinski definition) is 2. The second-order valence-electron chi connectivity index (χ2n) is 5.74. The summed E-state index contributed by atoms with van der Waals surface area (Å²) < 4.78 is 0. The Hall–Kier alpha value is -0.570. The molecule has 1 amide bonds. The third kappa shape index (κ3) is 1.65. The Morgan fingerprint density at radius 3 is 2.31 bits per heavy atom. The highest BCUT2D eigenvalue weighted by molar-refractivity contribution is 5.82. The lowest BCUT2D eigenvalue weighted by atomic mass is 9.97. The van der Waals surface area contributed by atoms with Crippen molar-refractivity contribution in [3.63, 3.8) is 0 Å². The molecule has 90 valence electrons. The van der Waals surface area contributed by atoms with Crippen LogP contribution in [0.5, 0.6) is 0 Å². The van der Waals surface area contributed by atoms with Crippen LogP contribution in [0.4, 0.5) is 0 Å². The third-order valence-corrected chi connectivity index (χ3v) is 4.88. The van der Waals surface area contributed by atoms with E-state index in [4.69, 9.17) is 5.11 Å². The van der Waals surface area contributed by atoms with Crippen LogP contribution in [-0.4, -0.2) is 35.6 Å². The second-order valence-corrected chi connectivity index (χ2v) is 5.74. The molecule has 3 rings (SSSR count). The molecule has 16 heavy (non-hydrogen) atoms. The highest BCUT2D eigenvalue weighted by Gasteiger charge is 2.57. The van der Waals surface area contributed by atoms with E-state index in [1.165, 1.54) is 19.3 Å². The van der Waals surface area contributed by atoms with E-state index in [0.29, 0.717) is 17.7 Å². The smallest absolute Gasteiger partial charge is 0.226 e. The van der Waals surface area contributed by atoms with Gasteiger partial charge in [0, 0.05) is 25.6 Å². The van der Waals surface area contributed by atoms with Gasteiger partial charge in [0.25, 0.3) is 0 Å². The van der Waals surface area contributed by atoms with E-state index < -0.39 is 0 Å². The van der Waals surface area contributed by atoms with Gasteiger partial charge in [-0.05, 0) is 43.4 Å². The van der Waals surface area contributed by atoms with Crippen LogP contribution in [0.15, 0.2) is 0 Å². The van der Waals surface area contributed by atoms with Crippen molar-refractivity contribution in [1.82, 2.24) is 4.90 Å². The second kappa shape index (κ2) is 4.02. The molecule has 1 aliphatic heterocycles. The van der Waals surface area contributed by atoms with Crippen LogP contribution in [0, 0.1) is 23.7 Å². The van der Waals surface area contributed by atoms with E-state index in [9.17, 15) is 4.79 Å². The lowest BCUT2D eigenvalue weighted by molar-refractivity contribution is -0.135. The van der Waals surface area contributed by atoms with Crippen LogP contribution in [0.25, 0.3) is 0 Å². The molecule has 0 aromatic carbocycles. The Morgan fingerprint density at radius 1 is 1.12 bits per heavy atom. The fourth-order valence-corrected chi connectivity index (χ4v) is 3.73. The van der Waals surface area contributed by atoms with Gasteiger partial charge in [-0.25, -0.2) is 0 Å². The van der Waals surface area contributed by atoms with Gasteiger partial charge in [0.2, 0.25) is 5.91 Å². The molecule has 3 heteroatoms. The minimum absolute atomic E-state index is 0.288. The van der Waals surface area contributed by atoms with Crippen LogP contribution < -0.4 is 0 Å². The maximum atomic E-state index is 12.2. The molecular weight excluding hydrogens is 202 g/mol. The number of aliphatic hydroxyl groups excluding tert-OH is 1. The lowest BCUT2D eigenvalue weighted by Crippen LogP contribution is -2.40. The first kappa shape index (κ1) is 10.6. The molecular formula is C13H21NO2. The monoisotopic (exact) mass is 223 g/mol. The average molecular weight is 223 g/mol. The number of fused-ring (bicyclic) bond motifs is 1. The van der Waals surface area contributed by atoms with Crippen molar-refractivity contribution in [2.24, 2.45) is 23.7 Å². The van der Waals surface area contributed by atoms with Gasteiger partial charge in [0.05, 0.1) is 0 Å². The standard InChI is InChI=1S/C13H21NO2/c15-8-9-4-6-14(7-5-9)13(16)12-10-2-1-3-11(10)12/h9-12,15H,1-8H2. The number of aliphatic hydroxyl groups is 1. The molecule has 1 saturated heterocycles. The summed E-state index contributed by atoms with van der Waals surface area (Å²) >= 11 is 0. The molecule has 2 unspecified atom stereocenters. The summed E-state index contributed by atoms with van der Waals surface area (Å²) in [7, 11) is 0. The van der Waals surface area contributed by atoms with Crippen LogP contribution in [0.1, 0.15) is 32.1 Å². The first-order valence-electron chi connectivity index (χ1n) is 6.71. The summed E-state index contributed by atoms with van der Waals surface area (Å²) in [5.41, 5.74) is 0. The van der Waals surface area contributed by atoms with E-state index in [2.05, 4.69) is 4.90 Å². The Labute approximate surface area is 96.8 Å². The topological polar surface area (TPSA) is 40.5 Å². The molecule has 0 spiro atoms. The SMILES string of the molecule is O=C(C1C2CCCC21)N1CCC(CO)CC1. The Bertz CT molecular complexity index is 274. The molecule has 3 aliphatic rings. The molecule has 1 N–H and O–H groups in total. The number of likely N-dealkylation sites (tertiary alicyclic amines) is 1. The predicted octanol–water partition coefficient (Wildman–Crippen LogP) is 1.26. The van der Waals surface area contributed by atoms with Gasteiger partial charge in [-0.1, -0.05) is 6.42 Å². The normalized spacial score (nSPS) is 38.6. The van der Waals surface area contributed by atoms with Crippen molar-refractivity contribution in [3.05, 3.63) is 0 Å². The Kier molecular flexibility index (Phi) is 2.66.